The fourth-order valence-corrected chi connectivity index (χ4v) is 1.82. The van der Waals surface area contributed by atoms with Gasteiger partial charge in [-0.1, -0.05) is 41.9 Å². The summed E-state index contributed by atoms with van der Waals surface area (Å²) in [4.78, 5) is 0. The van der Waals surface area contributed by atoms with E-state index in [2.05, 4.69) is 25.1 Å². The summed E-state index contributed by atoms with van der Waals surface area (Å²) in [7, 11) is 1.98. The van der Waals surface area contributed by atoms with E-state index in [0.29, 0.717) is 0 Å². The Labute approximate surface area is 88.9 Å². The van der Waals surface area contributed by atoms with Gasteiger partial charge in [0, 0.05) is 18.3 Å². The van der Waals surface area contributed by atoms with Crippen molar-refractivity contribution in [1.82, 2.24) is 4.57 Å². The lowest BCUT2D eigenvalue weighted by Crippen LogP contribution is -1.88. The van der Waals surface area contributed by atoms with Crippen LogP contribution >= 0.6 is 11.6 Å². The molecule has 72 valence electrons. The van der Waals surface area contributed by atoms with Crippen LogP contribution in [0.5, 0.6) is 0 Å². The molecule has 0 saturated carbocycles. The van der Waals surface area contributed by atoms with Gasteiger partial charge in [-0.25, -0.2) is 0 Å². The SMILES string of the molecule is Cc1cc(-c2ccccc2)c(Cl)n1C. The molecule has 0 amide bonds. The number of nitrogens with zero attached hydrogens (tertiary/aromatic N) is 1. The highest BCUT2D eigenvalue weighted by Crippen LogP contribution is 2.29. The topological polar surface area (TPSA) is 4.93 Å². The summed E-state index contributed by atoms with van der Waals surface area (Å²) < 4.78 is 1.99. The summed E-state index contributed by atoms with van der Waals surface area (Å²) in [5, 5.41) is 0.800. The monoisotopic (exact) mass is 205 g/mol. The molecular formula is C12H12ClN. The van der Waals surface area contributed by atoms with Crippen LogP contribution in [0, 0.1) is 6.92 Å². The predicted octanol–water partition coefficient (Wildman–Crippen LogP) is 3.65. The van der Waals surface area contributed by atoms with Gasteiger partial charge in [-0.05, 0) is 18.6 Å². The van der Waals surface area contributed by atoms with E-state index in [0.717, 1.165) is 10.7 Å². The third-order valence-corrected chi connectivity index (χ3v) is 2.94. The minimum Gasteiger partial charge on any atom is -0.339 e. The minimum atomic E-state index is 0.800. The van der Waals surface area contributed by atoms with Gasteiger partial charge in [-0.15, -0.1) is 0 Å². The fourth-order valence-electron chi connectivity index (χ4n) is 1.52. The van der Waals surface area contributed by atoms with E-state index in [4.69, 9.17) is 11.6 Å². The first-order valence-electron chi connectivity index (χ1n) is 4.57. The number of halogens is 1. The van der Waals surface area contributed by atoms with Crippen LogP contribution in [-0.2, 0) is 7.05 Å². The third-order valence-electron chi connectivity index (χ3n) is 2.48. The second-order valence-electron chi connectivity index (χ2n) is 3.42. The maximum absolute atomic E-state index is 6.21. The highest BCUT2D eigenvalue weighted by molar-refractivity contribution is 6.32. The highest BCUT2D eigenvalue weighted by atomic mass is 35.5. The molecule has 1 aromatic carbocycles. The van der Waals surface area contributed by atoms with E-state index in [1.807, 2.05) is 29.8 Å². The lowest BCUT2D eigenvalue weighted by atomic mass is 10.1. The molecule has 2 heteroatoms. The second kappa shape index (κ2) is 3.50. The molecule has 0 radical (unpaired) electrons. The Morgan fingerprint density at radius 3 is 2.29 bits per heavy atom. The Morgan fingerprint density at radius 2 is 1.79 bits per heavy atom. The molecule has 1 nitrogen and oxygen atoms in total. The number of benzene rings is 1. The maximum atomic E-state index is 6.21. The summed E-state index contributed by atoms with van der Waals surface area (Å²) in [6.45, 7) is 2.05. The highest BCUT2D eigenvalue weighted by Gasteiger charge is 2.08. The fraction of sp³-hybridized carbons (Fsp3) is 0.167. The van der Waals surface area contributed by atoms with Crippen LogP contribution in [0.2, 0.25) is 5.15 Å². The van der Waals surface area contributed by atoms with Crippen LogP contribution in [0.15, 0.2) is 36.4 Å². The first-order valence-corrected chi connectivity index (χ1v) is 4.95. The number of aryl methyl sites for hydroxylation is 1. The molecule has 0 fully saturated rings. The van der Waals surface area contributed by atoms with E-state index in [-0.39, 0.29) is 0 Å². The van der Waals surface area contributed by atoms with E-state index in [1.54, 1.807) is 0 Å². The quantitative estimate of drug-likeness (QED) is 0.670. The molecule has 0 spiro atoms. The van der Waals surface area contributed by atoms with E-state index < -0.39 is 0 Å². The normalized spacial score (nSPS) is 10.5. The van der Waals surface area contributed by atoms with E-state index in [9.17, 15) is 0 Å². The lowest BCUT2D eigenvalue weighted by Gasteiger charge is -2.00. The van der Waals surface area contributed by atoms with Crippen molar-refractivity contribution in [2.45, 2.75) is 6.92 Å². The van der Waals surface area contributed by atoms with Gasteiger partial charge in [-0.3, -0.25) is 0 Å². The zero-order valence-corrected chi connectivity index (χ0v) is 9.05. The van der Waals surface area contributed by atoms with Gasteiger partial charge >= 0.3 is 0 Å². The molecule has 1 heterocycles. The van der Waals surface area contributed by atoms with Crippen LogP contribution in [0.4, 0.5) is 0 Å². The van der Waals surface area contributed by atoms with E-state index in [1.165, 1.54) is 11.3 Å². The summed E-state index contributed by atoms with van der Waals surface area (Å²) >= 11 is 6.21. The smallest absolute Gasteiger partial charge is 0.116 e. The molecule has 1 aromatic heterocycles. The van der Waals surface area contributed by atoms with Gasteiger partial charge in [0.2, 0.25) is 0 Å². The molecule has 0 aliphatic carbocycles. The third kappa shape index (κ3) is 1.44. The number of rotatable bonds is 1. The molecule has 0 unspecified atom stereocenters. The Bertz CT molecular complexity index is 443. The van der Waals surface area contributed by atoms with Crippen molar-refractivity contribution >= 4 is 11.6 Å². The predicted molar refractivity (Wildman–Crippen MR) is 60.6 cm³/mol. The van der Waals surface area contributed by atoms with Gasteiger partial charge in [0.1, 0.15) is 5.15 Å². The average Bonchev–Trinajstić information content (AvgIpc) is 2.47. The largest absolute Gasteiger partial charge is 0.339 e. The van der Waals surface area contributed by atoms with Crippen molar-refractivity contribution < 1.29 is 0 Å². The van der Waals surface area contributed by atoms with Gasteiger partial charge in [0.25, 0.3) is 0 Å². The maximum Gasteiger partial charge on any atom is 0.116 e. The van der Waals surface area contributed by atoms with Gasteiger partial charge in [0.15, 0.2) is 0 Å². The Kier molecular flexibility index (Phi) is 2.34. The molecule has 2 rings (SSSR count). The van der Waals surface area contributed by atoms with Gasteiger partial charge < -0.3 is 4.57 Å². The van der Waals surface area contributed by atoms with Crippen LogP contribution < -0.4 is 0 Å². The van der Waals surface area contributed by atoms with Crippen molar-refractivity contribution in [1.29, 1.82) is 0 Å². The van der Waals surface area contributed by atoms with Crippen molar-refractivity contribution in [3.8, 4) is 11.1 Å². The number of hydrogen-bond acceptors (Lipinski definition) is 0. The molecule has 14 heavy (non-hydrogen) atoms. The first kappa shape index (κ1) is 9.35. The van der Waals surface area contributed by atoms with Crippen LogP contribution in [0.1, 0.15) is 5.69 Å². The summed E-state index contributed by atoms with van der Waals surface area (Å²) in [5.74, 6) is 0. The molecule has 0 N–H and O–H groups in total. The molecule has 0 bridgehead atoms. The lowest BCUT2D eigenvalue weighted by molar-refractivity contribution is 0.884. The Morgan fingerprint density at radius 1 is 1.14 bits per heavy atom. The molecule has 0 atom stereocenters. The van der Waals surface area contributed by atoms with E-state index >= 15 is 0 Å². The zero-order chi connectivity index (χ0) is 10.1. The van der Waals surface area contributed by atoms with Crippen LogP contribution in [-0.4, -0.2) is 4.57 Å². The van der Waals surface area contributed by atoms with Crippen molar-refractivity contribution in [3.63, 3.8) is 0 Å². The zero-order valence-electron chi connectivity index (χ0n) is 8.29. The van der Waals surface area contributed by atoms with Crippen molar-refractivity contribution in [2.24, 2.45) is 7.05 Å². The molecule has 2 aromatic rings. The van der Waals surface area contributed by atoms with Crippen LogP contribution in [0.3, 0.4) is 0 Å². The Balaban J connectivity index is 2.58. The van der Waals surface area contributed by atoms with Gasteiger partial charge in [-0.2, -0.15) is 0 Å². The average molecular weight is 206 g/mol. The molecule has 0 aliphatic rings. The second-order valence-corrected chi connectivity index (χ2v) is 3.77. The molecule has 0 aliphatic heterocycles. The molecule has 0 saturated heterocycles. The van der Waals surface area contributed by atoms with Crippen molar-refractivity contribution in [2.75, 3.05) is 0 Å². The van der Waals surface area contributed by atoms with Gasteiger partial charge in [0.05, 0.1) is 0 Å². The first-order chi connectivity index (χ1) is 6.70. The molecular weight excluding hydrogens is 194 g/mol. The Hall–Kier alpha value is -1.21. The summed E-state index contributed by atoms with van der Waals surface area (Å²) in [6, 6.07) is 12.3. The van der Waals surface area contributed by atoms with Crippen LogP contribution in [0.25, 0.3) is 11.1 Å². The minimum absolute atomic E-state index is 0.800. The number of aromatic nitrogens is 1. The summed E-state index contributed by atoms with van der Waals surface area (Å²) in [5.41, 5.74) is 3.45. The summed E-state index contributed by atoms with van der Waals surface area (Å²) in [6.07, 6.45) is 0. The standard InChI is InChI=1S/C12H12ClN/c1-9-8-11(12(13)14(9)2)10-6-4-3-5-7-10/h3-8H,1-2H3. The number of hydrogen-bond donors (Lipinski definition) is 0. The van der Waals surface area contributed by atoms with Crippen molar-refractivity contribution in [3.05, 3.63) is 47.2 Å².